The first kappa shape index (κ1) is 31.3. The molecule has 226 valence electrons. The van der Waals surface area contributed by atoms with Gasteiger partial charge in [0, 0.05) is 35.8 Å². The third-order valence-electron chi connectivity index (χ3n) is 7.18. The molecule has 1 unspecified atom stereocenters. The zero-order valence-corrected chi connectivity index (χ0v) is 22.7. The van der Waals surface area contributed by atoms with Gasteiger partial charge in [-0.15, -0.1) is 0 Å². The monoisotopic (exact) mass is 616 g/mol. The summed E-state index contributed by atoms with van der Waals surface area (Å²) < 4.78 is 78.0. The number of aliphatic imine (C=N–C) groups is 1. The fourth-order valence-corrected chi connectivity index (χ4v) is 5.14. The van der Waals surface area contributed by atoms with Crippen molar-refractivity contribution in [3.05, 3.63) is 64.2 Å². The molecule has 0 spiro atoms. The number of amides is 3. The number of primary amides is 1. The van der Waals surface area contributed by atoms with Gasteiger partial charge in [-0.05, 0) is 49.3 Å². The first-order valence-corrected chi connectivity index (χ1v) is 13.5. The van der Waals surface area contributed by atoms with Crippen molar-refractivity contribution in [2.45, 2.75) is 63.0 Å². The lowest BCUT2D eigenvalue weighted by molar-refractivity contribution is -0.152. The summed E-state index contributed by atoms with van der Waals surface area (Å²) in [4.78, 5) is 43.1. The summed E-state index contributed by atoms with van der Waals surface area (Å²) in [7, 11) is 0. The molecular formula is C28H27ClF6N4O3. The first-order chi connectivity index (χ1) is 19.6. The summed E-state index contributed by atoms with van der Waals surface area (Å²) >= 11 is 6.35. The number of anilines is 1. The maximum absolute atomic E-state index is 13.3. The second kappa shape index (κ2) is 12.3. The van der Waals surface area contributed by atoms with Gasteiger partial charge in [-0.3, -0.25) is 14.4 Å². The van der Waals surface area contributed by atoms with Crippen molar-refractivity contribution in [2.24, 2.45) is 22.6 Å². The van der Waals surface area contributed by atoms with Crippen molar-refractivity contribution in [1.29, 1.82) is 0 Å². The summed E-state index contributed by atoms with van der Waals surface area (Å²) in [5.74, 6) is -6.96. The van der Waals surface area contributed by atoms with Gasteiger partial charge < -0.3 is 16.4 Å². The molecule has 1 heterocycles. The van der Waals surface area contributed by atoms with E-state index < -0.39 is 73.8 Å². The number of nitrogens with one attached hydrogen (secondary N) is 2. The Hall–Kier alpha value is -3.61. The Kier molecular flexibility index (Phi) is 9.19. The van der Waals surface area contributed by atoms with E-state index in [1.54, 1.807) is 24.3 Å². The Balaban J connectivity index is 1.70. The molecule has 7 nitrogen and oxygen atoms in total. The summed E-state index contributed by atoms with van der Waals surface area (Å²) in [5.41, 5.74) is 7.71. The molecular weight excluding hydrogens is 590 g/mol. The molecule has 0 saturated heterocycles. The number of rotatable bonds is 10. The van der Waals surface area contributed by atoms with Crippen LogP contribution in [0.5, 0.6) is 0 Å². The highest BCUT2D eigenvalue weighted by molar-refractivity contribution is 6.36. The van der Waals surface area contributed by atoms with Crippen molar-refractivity contribution in [3.8, 4) is 0 Å². The van der Waals surface area contributed by atoms with E-state index in [-0.39, 0.29) is 16.4 Å². The quantitative estimate of drug-likeness (QED) is 0.291. The van der Waals surface area contributed by atoms with Crippen molar-refractivity contribution < 1.29 is 40.7 Å². The molecule has 14 heteroatoms. The fraction of sp³-hybridized carbons (Fsp3) is 0.429. The van der Waals surface area contributed by atoms with Crippen molar-refractivity contribution in [3.63, 3.8) is 0 Å². The smallest absolute Gasteiger partial charge is 0.369 e. The van der Waals surface area contributed by atoms with Gasteiger partial charge in [0.1, 0.15) is 0 Å². The number of hydrogen-bond donors (Lipinski definition) is 3. The highest BCUT2D eigenvalue weighted by Crippen LogP contribution is 2.41. The normalized spacial score (nSPS) is 18.7. The Bertz CT molecular complexity index is 1390. The van der Waals surface area contributed by atoms with Crippen molar-refractivity contribution in [1.82, 2.24) is 5.32 Å². The predicted octanol–water partition coefficient (Wildman–Crippen LogP) is 5.85. The number of para-hydroxylation sites is 1. The molecule has 4 N–H and O–H groups in total. The molecule has 0 radical (unpaired) electrons. The van der Waals surface area contributed by atoms with Crippen LogP contribution < -0.4 is 16.4 Å². The molecule has 3 amide bonds. The second-order valence-electron chi connectivity index (χ2n) is 10.4. The molecule has 4 rings (SSSR count). The maximum Gasteiger partial charge on any atom is 0.389 e. The van der Waals surface area contributed by atoms with Crippen LogP contribution in [0.2, 0.25) is 5.02 Å². The van der Waals surface area contributed by atoms with E-state index in [4.69, 9.17) is 17.3 Å². The van der Waals surface area contributed by atoms with Gasteiger partial charge in [-0.25, -0.2) is 4.99 Å². The Morgan fingerprint density at radius 2 is 1.62 bits per heavy atom. The molecule has 1 fully saturated rings. The number of nitrogens with two attached hydrogens (primary N) is 1. The molecule has 2 aromatic carbocycles. The lowest BCUT2D eigenvalue weighted by Gasteiger charge is -2.26. The van der Waals surface area contributed by atoms with E-state index in [9.17, 15) is 40.7 Å². The SMILES string of the molecule is NC(=O)[C@@H](CCC(F)(F)F)[C@@H](CCC(F)(F)F)C(=O)NC1N=C(c2cccc(C3CC3)c2)c2cccc(Cl)c2NC1=O. The number of hydrogen-bond acceptors (Lipinski definition) is 4. The predicted molar refractivity (Wildman–Crippen MR) is 143 cm³/mol. The minimum Gasteiger partial charge on any atom is -0.369 e. The minimum atomic E-state index is -4.78. The van der Waals surface area contributed by atoms with E-state index in [0.29, 0.717) is 17.0 Å². The second-order valence-corrected chi connectivity index (χ2v) is 10.8. The van der Waals surface area contributed by atoms with Crippen LogP contribution in [-0.2, 0) is 14.4 Å². The summed E-state index contributed by atoms with van der Waals surface area (Å²) in [6.07, 6.45) is -14.4. The van der Waals surface area contributed by atoms with Gasteiger partial charge in [0.05, 0.1) is 16.4 Å². The van der Waals surface area contributed by atoms with Gasteiger partial charge in [0.15, 0.2) is 0 Å². The highest BCUT2D eigenvalue weighted by Gasteiger charge is 2.40. The Morgan fingerprint density at radius 1 is 1.00 bits per heavy atom. The maximum atomic E-state index is 13.3. The number of benzene rings is 2. The van der Waals surface area contributed by atoms with Crippen molar-refractivity contribution >= 4 is 40.7 Å². The molecule has 0 bridgehead atoms. The molecule has 0 aromatic heterocycles. The van der Waals surface area contributed by atoms with Gasteiger partial charge >= 0.3 is 12.4 Å². The molecule has 3 atom stereocenters. The van der Waals surface area contributed by atoms with Gasteiger partial charge in [-0.1, -0.05) is 41.9 Å². The zero-order chi connectivity index (χ0) is 30.8. The average molecular weight is 617 g/mol. The third kappa shape index (κ3) is 8.02. The molecule has 2 aromatic rings. The number of benzodiazepines with no additional fused rings is 1. The lowest BCUT2D eigenvalue weighted by Crippen LogP contribution is -2.48. The number of nitrogens with zero attached hydrogens (tertiary/aromatic N) is 1. The number of carbonyl (C=O) groups is 3. The Labute approximate surface area is 241 Å². The summed E-state index contributed by atoms with van der Waals surface area (Å²) in [6.45, 7) is 0. The van der Waals surface area contributed by atoms with E-state index >= 15 is 0 Å². The lowest BCUT2D eigenvalue weighted by atomic mass is 9.83. The molecule has 1 aliphatic heterocycles. The van der Waals surface area contributed by atoms with Gasteiger partial charge in [0.2, 0.25) is 18.0 Å². The summed E-state index contributed by atoms with van der Waals surface area (Å²) in [6, 6.07) is 12.1. The minimum absolute atomic E-state index is 0.155. The molecule has 1 aliphatic carbocycles. The van der Waals surface area contributed by atoms with Gasteiger partial charge in [0.25, 0.3) is 5.91 Å². The van der Waals surface area contributed by atoms with Gasteiger partial charge in [-0.2, -0.15) is 26.3 Å². The number of carbonyl (C=O) groups excluding carboxylic acids is 3. The van der Waals surface area contributed by atoms with Crippen LogP contribution in [0.4, 0.5) is 32.0 Å². The van der Waals surface area contributed by atoms with Crippen LogP contribution in [-0.4, -0.2) is 42.0 Å². The number of halogens is 7. The molecule has 1 saturated carbocycles. The topological polar surface area (TPSA) is 114 Å². The number of alkyl halides is 6. The van der Waals surface area contributed by atoms with Crippen LogP contribution in [0.3, 0.4) is 0 Å². The Morgan fingerprint density at radius 3 is 2.21 bits per heavy atom. The highest BCUT2D eigenvalue weighted by atomic mass is 35.5. The van der Waals surface area contributed by atoms with Crippen LogP contribution >= 0.6 is 11.6 Å². The average Bonchev–Trinajstić information content (AvgIpc) is 3.74. The van der Waals surface area contributed by atoms with Crippen LogP contribution in [0.1, 0.15) is 61.1 Å². The van der Waals surface area contributed by atoms with E-state index in [1.807, 2.05) is 12.1 Å². The van der Waals surface area contributed by atoms with Crippen LogP contribution in [0.15, 0.2) is 47.5 Å². The van der Waals surface area contributed by atoms with Crippen molar-refractivity contribution in [2.75, 3.05) is 5.32 Å². The first-order valence-electron chi connectivity index (χ1n) is 13.1. The zero-order valence-electron chi connectivity index (χ0n) is 22.0. The largest absolute Gasteiger partial charge is 0.389 e. The number of fused-ring (bicyclic) bond motifs is 1. The standard InChI is InChI=1S/C28H27ClF6N4O3/c29-20-6-2-5-19-21(16-4-1-3-15(13-16)14-7-8-14)37-24(26(42)38-22(19)20)39-25(41)18(10-12-28(33,34)35)17(23(36)40)9-11-27(30,31)32/h1-6,13-14,17-18,24H,7-12H2,(H2,36,40)(H,38,42)(H,39,41)/t17-,18+,24?/m0/s1. The van der Waals surface area contributed by atoms with E-state index in [0.717, 1.165) is 18.4 Å². The molecule has 42 heavy (non-hydrogen) atoms. The van der Waals surface area contributed by atoms with Crippen LogP contribution in [0.25, 0.3) is 0 Å². The summed E-state index contributed by atoms with van der Waals surface area (Å²) in [5, 5.41) is 4.97. The van der Waals surface area contributed by atoms with E-state index in [1.165, 1.54) is 6.07 Å². The third-order valence-corrected chi connectivity index (χ3v) is 7.49. The molecule has 2 aliphatic rings. The van der Waals surface area contributed by atoms with E-state index in [2.05, 4.69) is 15.6 Å². The van der Waals surface area contributed by atoms with Crippen LogP contribution in [0, 0.1) is 11.8 Å². The fourth-order valence-electron chi connectivity index (χ4n) is 4.92.